The van der Waals surface area contributed by atoms with E-state index >= 15 is 0 Å². The van der Waals surface area contributed by atoms with E-state index in [4.69, 9.17) is 0 Å². The lowest BCUT2D eigenvalue weighted by molar-refractivity contribution is -0.0655. The first kappa shape index (κ1) is 22.7. The number of hydrogen-bond acceptors (Lipinski definition) is 5. The highest BCUT2D eigenvalue weighted by molar-refractivity contribution is 5.44. The van der Waals surface area contributed by atoms with Crippen molar-refractivity contribution < 1.29 is 9.50 Å². The van der Waals surface area contributed by atoms with Gasteiger partial charge in [0.15, 0.2) is 0 Å². The molecule has 2 aliphatic rings. The number of fused-ring (bicyclic) bond motifs is 1. The highest BCUT2D eigenvalue weighted by Gasteiger charge is 2.48. The summed E-state index contributed by atoms with van der Waals surface area (Å²) in [6.45, 7) is 4.03. The second-order valence-electron chi connectivity index (χ2n) is 9.12. The smallest absolute Gasteiger partial charge is 0.138 e. The summed E-state index contributed by atoms with van der Waals surface area (Å²) in [5.74, 6) is 5.96. The van der Waals surface area contributed by atoms with E-state index in [9.17, 15) is 9.50 Å². The molecule has 0 amide bonds. The van der Waals surface area contributed by atoms with Gasteiger partial charge in [0.2, 0.25) is 0 Å². The molecule has 2 fully saturated rings. The fraction of sp³-hybridized carbons (Fsp3) is 0.357. The van der Waals surface area contributed by atoms with Crippen molar-refractivity contribution in [3.8, 4) is 11.8 Å². The van der Waals surface area contributed by atoms with Crippen LogP contribution in [0.1, 0.15) is 41.0 Å². The normalized spacial score (nSPS) is 23.1. The van der Waals surface area contributed by atoms with Crippen LogP contribution in [0.25, 0.3) is 0 Å². The monoisotopic (exact) mass is 456 g/mol. The minimum atomic E-state index is -0.303. The Morgan fingerprint density at radius 2 is 1.74 bits per heavy atom. The highest BCUT2D eigenvalue weighted by Crippen LogP contribution is 2.42. The van der Waals surface area contributed by atoms with E-state index in [0.29, 0.717) is 11.6 Å². The maximum atomic E-state index is 13.8. The van der Waals surface area contributed by atoms with Gasteiger partial charge in [-0.2, -0.15) is 0 Å². The van der Waals surface area contributed by atoms with Crippen LogP contribution in [0.4, 0.5) is 4.39 Å². The largest absolute Gasteiger partial charge is 0.395 e. The number of hydrogen-bond donors (Lipinski definition) is 1. The molecule has 5 rings (SSSR count). The van der Waals surface area contributed by atoms with Gasteiger partial charge in [0.05, 0.1) is 12.2 Å². The van der Waals surface area contributed by atoms with E-state index in [1.807, 2.05) is 24.5 Å². The first-order valence-corrected chi connectivity index (χ1v) is 11.9. The lowest BCUT2D eigenvalue weighted by Crippen LogP contribution is -2.67. The maximum absolute atomic E-state index is 13.8. The third-order valence-electron chi connectivity index (χ3n) is 6.99. The van der Waals surface area contributed by atoms with Gasteiger partial charge in [-0.3, -0.25) is 9.80 Å². The minimum Gasteiger partial charge on any atom is -0.395 e. The average molecular weight is 457 g/mol. The zero-order valence-corrected chi connectivity index (χ0v) is 19.1. The number of rotatable bonds is 4. The predicted molar refractivity (Wildman–Crippen MR) is 129 cm³/mol. The summed E-state index contributed by atoms with van der Waals surface area (Å²) in [6, 6.07) is 15.3. The van der Waals surface area contributed by atoms with Crippen molar-refractivity contribution in [2.45, 2.75) is 37.4 Å². The summed E-state index contributed by atoms with van der Waals surface area (Å²) >= 11 is 0. The van der Waals surface area contributed by atoms with Crippen molar-refractivity contribution in [2.24, 2.45) is 0 Å². The van der Waals surface area contributed by atoms with Gasteiger partial charge in [-0.25, -0.2) is 14.4 Å². The quantitative estimate of drug-likeness (QED) is 0.610. The van der Waals surface area contributed by atoms with Gasteiger partial charge in [0.25, 0.3) is 0 Å². The Hall–Kier alpha value is -3.11. The third-order valence-corrected chi connectivity index (χ3v) is 6.99. The number of nitrogens with zero attached hydrogens (tertiary/aromatic N) is 4. The molecule has 0 bridgehead atoms. The predicted octanol–water partition coefficient (Wildman–Crippen LogP) is 3.44. The van der Waals surface area contributed by atoms with E-state index in [2.05, 4.69) is 43.7 Å². The fourth-order valence-corrected chi connectivity index (χ4v) is 5.32. The van der Waals surface area contributed by atoms with Crippen LogP contribution in [0.15, 0.2) is 67.3 Å². The van der Waals surface area contributed by atoms with E-state index in [-0.39, 0.29) is 24.4 Å². The third kappa shape index (κ3) is 4.88. The molecule has 5 nitrogen and oxygen atoms in total. The van der Waals surface area contributed by atoms with E-state index in [0.717, 1.165) is 50.1 Å². The standard InChI is InChI=1S/C28H29FN4O/c29-25-6-2-1-5-23(25)10-7-21-8-11-24(12-9-21)28-26-18-32(17-22-15-30-20-31-16-22)13-3-4-14-33(26)27(28)19-34/h1-2,5-6,8-9,11-12,15-16,20,26-28,34H,3-4,13-14,17-19H2/t26-,27-,28+/m1/s1. The summed E-state index contributed by atoms with van der Waals surface area (Å²) in [7, 11) is 0. The van der Waals surface area contributed by atoms with Gasteiger partial charge in [-0.1, -0.05) is 36.1 Å². The molecule has 6 heteroatoms. The van der Waals surface area contributed by atoms with E-state index < -0.39 is 0 Å². The fourth-order valence-electron chi connectivity index (χ4n) is 5.32. The summed E-state index contributed by atoms with van der Waals surface area (Å²) in [5.41, 5.74) is 3.61. The highest BCUT2D eigenvalue weighted by atomic mass is 19.1. The maximum Gasteiger partial charge on any atom is 0.138 e. The van der Waals surface area contributed by atoms with E-state index in [1.54, 1.807) is 24.5 Å². The molecular formula is C28H29FN4O. The van der Waals surface area contributed by atoms with Crippen molar-refractivity contribution in [1.82, 2.24) is 19.8 Å². The topological polar surface area (TPSA) is 52.5 Å². The molecule has 3 heterocycles. The zero-order valence-electron chi connectivity index (χ0n) is 19.1. The van der Waals surface area contributed by atoms with Crippen LogP contribution in [0.5, 0.6) is 0 Å². The van der Waals surface area contributed by atoms with Crippen LogP contribution < -0.4 is 0 Å². The van der Waals surface area contributed by atoms with Gasteiger partial charge < -0.3 is 5.11 Å². The lowest BCUT2D eigenvalue weighted by atomic mass is 9.74. The first-order valence-electron chi connectivity index (χ1n) is 11.9. The van der Waals surface area contributed by atoms with Crippen LogP contribution in [-0.2, 0) is 6.54 Å². The molecule has 3 aromatic rings. The van der Waals surface area contributed by atoms with Gasteiger partial charge in [0.1, 0.15) is 12.1 Å². The Kier molecular flexibility index (Phi) is 6.96. The number of aromatic nitrogens is 2. The average Bonchev–Trinajstić information content (AvgIpc) is 2.85. The summed E-state index contributed by atoms with van der Waals surface area (Å²) in [4.78, 5) is 13.3. The SMILES string of the molecule is OC[C@@H]1[C@@H](c2ccc(C#Cc3ccccc3F)cc2)[C@H]2CN(Cc3cncnc3)CCCCN12. The van der Waals surface area contributed by atoms with E-state index in [1.165, 1.54) is 11.6 Å². The molecule has 0 aliphatic carbocycles. The van der Waals surface area contributed by atoms with Crippen molar-refractivity contribution in [2.75, 3.05) is 26.2 Å². The number of halogens is 1. The Morgan fingerprint density at radius 1 is 0.971 bits per heavy atom. The number of aliphatic hydroxyl groups is 1. The van der Waals surface area contributed by atoms with Crippen LogP contribution >= 0.6 is 0 Å². The van der Waals surface area contributed by atoms with Crippen LogP contribution in [0, 0.1) is 17.7 Å². The molecule has 0 unspecified atom stereocenters. The Labute approximate surface area is 200 Å². The molecule has 34 heavy (non-hydrogen) atoms. The van der Waals surface area contributed by atoms with Gasteiger partial charge in [-0.15, -0.1) is 0 Å². The molecule has 3 atom stereocenters. The first-order chi connectivity index (χ1) is 16.7. The van der Waals surface area contributed by atoms with Crippen LogP contribution in [-0.4, -0.2) is 63.2 Å². The molecule has 2 saturated heterocycles. The Bertz CT molecular complexity index is 1160. The van der Waals surface area contributed by atoms with Gasteiger partial charge in [-0.05, 0) is 55.8 Å². The van der Waals surface area contributed by atoms with Crippen molar-refractivity contribution in [1.29, 1.82) is 0 Å². The molecule has 174 valence electrons. The van der Waals surface area contributed by atoms with Crippen molar-refractivity contribution in [3.05, 3.63) is 95.3 Å². The zero-order chi connectivity index (χ0) is 23.3. The summed E-state index contributed by atoms with van der Waals surface area (Å²) < 4.78 is 13.8. The molecule has 0 spiro atoms. The molecule has 1 N–H and O–H groups in total. The summed E-state index contributed by atoms with van der Waals surface area (Å²) in [6.07, 6.45) is 7.62. The molecule has 1 aromatic heterocycles. The van der Waals surface area contributed by atoms with Gasteiger partial charge in [0, 0.05) is 54.6 Å². The van der Waals surface area contributed by atoms with Crippen LogP contribution in [0.3, 0.4) is 0 Å². The van der Waals surface area contributed by atoms with Crippen molar-refractivity contribution >= 4 is 0 Å². The van der Waals surface area contributed by atoms with Crippen molar-refractivity contribution in [3.63, 3.8) is 0 Å². The van der Waals surface area contributed by atoms with Crippen LogP contribution in [0.2, 0.25) is 0 Å². The molecular weight excluding hydrogens is 427 g/mol. The minimum absolute atomic E-state index is 0.139. The molecule has 2 aromatic carbocycles. The summed E-state index contributed by atoms with van der Waals surface area (Å²) in [5, 5.41) is 10.2. The van der Waals surface area contributed by atoms with Gasteiger partial charge >= 0.3 is 0 Å². The molecule has 2 aliphatic heterocycles. The second-order valence-corrected chi connectivity index (χ2v) is 9.12. The Morgan fingerprint density at radius 3 is 2.50 bits per heavy atom. The lowest BCUT2D eigenvalue weighted by Gasteiger charge is -2.57. The number of benzene rings is 2. The molecule has 0 saturated carbocycles. The molecule has 0 radical (unpaired) electrons. The Balaban J connectivity index is 1.33. The number of aliphatic hydroxyl groups excluding tert-OH is 1. The second kappa shape index (κ2) is 10.4.